The van der Waals surface area contributed by atoms with Gasteiger partial charge in [-0.1, -0.05) is 13.0 Å². The number of rotatable bonds is 11. The van der Waals surface area contributed by atoms with Crippen molar-refractivity contribution in [1.29, 1.82) is 0 Å². The van der Waals surface area contributed by atoms with Gasteiger partial charge in [-0.15, -0.1) is 0 Å². The summed E-state index contributed by atoms with van der Waals surface area (Å²) in [6.07, 6.45) is 3.31. The summed E-state index contributed by atoms with van der Waals surface area (Å²) in [4.78, 5) is 51.3. The van der Waals surface area contributed by atoms with E-state index in [1.807, 2.05) is 6.07 Å². The van der Waals surface area contributed by atoms with Gasteiger partial charge in [0.2, 0.25) is 5.91 Å². The van der Waals surface area contributed by atoms with Crippen LogP contribution in [0.3, 0.4) is 0 Å². The number of nitrogens with one attached hydrogen (secondary N) is 1. The molecule has 222 valence electrons. The molecule has 11 heteroatoms. The van der Waals surface area contributed by atoms with E-state index >= 15 is 0 Å². The quantitative estimate of drug-likeness (QED) is 0.205. The second kappa shape index (κ2) is 10.6. The number of aliphatic hydroxyl groups is 1. The molecule has 0 radical (unpaired) electrons. The van der Waals surface area contributed by atoms with E-state index in [1.165, 1.54) is 12.8 Å². The zero-order valence-electron chi connectivity index (χ0n) is 23.4. The van der Waals surface area contributed by atoms with Gasteiger partial charge in [0.15, 0.2) is 23.4 Å². The Morgan fingerprint density at radius 1 is 1.24 bits per heavy atom. The maximum absolute atomic E-state index is 13.2. The fourth-order valence-corrected chi connectivity index (χ4v) is 7.67. The number of carboxylic acid groups (broad SMARTS) is 1. The van der Waals surface area contributed by atoms with Crippen molar-refractivity contribution in [1.82, 2.24) is 10.2 Å². The van der Waals surface area contributed by atoms with Gasteiger partial charge in [0.25, 0.3) is 0 Å². The Hall–Kier alpha value is -3.18. The Labute approximate surface area is 238 Å². The number of hydrogen-bond acceptors (Lipinski definition) is 9. The summed E-state index contributed by atoms with van der Waals surface area (Å²) in [6.45, 7) is 3.43. The highest BCUT2D eigenvalue weighted by Gasteiger charge is 2.73. The van der Waals surface area contributed by atoms with Crippen LogP contribution in [-0.4, -0.2) is 82.9 Å². The van der Waals surface area contributed by atoms with E-state index in [0.717, 1.165) is 24.2 Å². The van der Waals surface area contributed by atoms with E-state index in [2.05, 4.69) is 10.2 Å². The molecule has 3 N–H and O–H groups in total. The second-order valence-electron chi connectivity index (χ2n) is 12.2. The third-order valence-electron chi connectivity index (χ3n) is 9.94. The van der Waals surface area contributed by atoms with Crippen LogP contribution in [0.4, 0.5) is 4.79 Å². The Morgan fingerprint density at radius 3 is 2.78 bits per heavy atom. The van der Waals surface area contributed by atoms with Gasteiger partial charge in [0.05, 0.1) is 23.5 Å². The first kappa shape index (κ1) is 28.0. The molecule has 3 aliphatic carbocycles. The van der Waals surface area contributed by atoms with Gasteiger partial charge in [-0.3, -0.25) is 19.3 Å². The number of likely N-dealkylation sites (tertiary alicyclic amines) is 1. The van der Waals surface area contributed by atoms with Crippen molar-refractivity contribution < 1.29 is 43.6 Å². The molecule has 2 heterocycles. The van der Waals surface area contributed by atoms with Crippen molar-refractivity contribution in [2.24, 2.45) is 11.8 Å². The number of benzene rings is 1. The first-order chi connectivity index (χ1) is 19.7. The minimum Gasteiger partial charge on any atom is -0.481 e. The lowest BCUT2D eigenvalue weighted by atomic mass is 9.49. The predicted molar refractivity (Wildman–Crippen MR) is 144 cm³/mol. The summed E-state index contributed by atoms with van der Waals surface area (Å²) in [6, 6.07) is 3.48. The molecular weight excluding hydrogens is 532 g/mol. The number of Topliss-reactive ketones (excluding diaryl/α,β-unsaturated/α-hetero) is 1. The molecule has 11 nitrogen and oxygen atoms in total. The standard InChI is InChI=1S/C30H38N2O9/c1-2-18(27(35)36)6-8-23(34)31-12-14-39-28(37)40-21-7-5-19-15-22-30(38)10-9-20(33)26-29(30,24(19)25(21)41-26)11-13-32(22)16-17-3-4-17/h5,7,17-18,22,26,38H,2-4,6,8-16H2,1H3,(H,31,34)(H,35,36)/t18?,22-,26+,29+,30-/m1/s1. The maximum Gasteiger partial charge on any atom is 0.514 e. The second-order valence-corrected chi connectivity index (χ2v) is 12.2. The fourth-order valence-electron chi connectivity index (χ4n) is 7.67. The van der Waals surface area contributed by atoms with Crippen LogP contribution in [-0.2, 0) is 31.0 Å². The average Bonchev–Trinajstić information content (AvgIpc) is 3.68. The largest absolute Gasteiger partial charge is 0.514 e. The van der Waals surface area contributed by atoms with Crippen LogP contribution in [0.15, 0.2) is 12.1 Å². The predicted octanol–water partition coefficient (Wildman–Crippen LogP) is 2.34. The minimum atomic E-state index is -1.10. The molecule has 0 aromatic heterocycles. The molecule has 1 saturated heterocycles. The van der Waals surface area contributed by atoms with Gasteiger partial charge in [-0.25, -0.2) is 4.79 Å². The van der Waals surface area contributed by atoms with E-state index in [1.54, 1.807) is 13.0 Å². The molecular formula is C30H38N2O9. The first-order valence-corrected chi connectivity index (χ1v) is 14.8. The SMILES string of the molecule is CCC(CCC(=O)NCCOC(=O)Oc1ccc2c3c1O[C@H]1C(=O)CC[C@@]4(O)[C@@H](C2)N(CC2CC2)CC[C@]314)C(=O)O. The van der Waals surface area contributed by atoms with Crippen molar-refractivity contribution in [3.05, 3.63) is 23.3 Å². The smallest absolute Gasteiger partial charge is 0.481 e. The van der Waals surface area contributed by atoms with Crippen LogP contribution in [0, 0.1) is 11.8 Å². The summed E-state index contributed by atoms with van der Waals surface area (Å²) < 4.78 is 17.0. The molecule has 5 atom stereocenters. The molecule has 3 fully saturated rings. The molecule has 1 amide bonds. The van der Waals surface area contributed by atoms with Crippen LogP contribution in [0.1, 0.15) is 69.4 Å². The van der Waals surface area contributed by atoms with Crippen molar-refractivity contribution in [3.8, 4) is 11.5 Å². The molecule has 5 aliphatic rings. The third-order valence-corrected chi connectivity index (χ3v) is 9.94. The molecule has 2 bridgehead atoms. The Balaban J connectivity index is 1.12. The number of aliphatic carboxylic acids is 1. The highest BCUT2D eigenvalue weighted by molar-refractivity contribution is 5.90. The number of carbonyl (C=O) groups excluding carboxylic acids is 3. The Kier molecular flexibility index (Phi) is 7.22. The van der Waals surface area contributed by atoms with Crippen molar-refractivity contribution >= 4 is 23.8 Å². The molecule has 6 rings (SSSR count). The highest BCUT2D eigenvalue weighted by atomic mass is 16.7. The van der Waals surface area contributed by atoms with Crippen LogP contribution >= 0.6 is 0 Å². The number of carboxylic acids is 1. The Morgan fingerprint density at radius 2 is 2.05 bits per heavy atom. The normalized spacial score (nSPS) is 30.1. The number of nitrogens with zero attached hydrogens (tertiary/aromatic N) is 1. The topological polar surface area (TPSA) is 152 Å². The van der Waals surface area contributed by atoms with Gasteiger partial charge in [0.1, 0.15) is 6.61 Å². The van der Waals surface area contributed by atoms with Gasteiger partial charge in [-0.05, 0) is 69.0 Å². The molecule has 2 aliphatic heterocycles. The maximum atomic E-state index is 13.2. The van der Waals surface area contributed by atoms with Crippen LogP contribution in [0.5, 0.6) is 11.5 Å². The van der Waals surface area contributed by atoms with Crippen molar-refractivity contribution in [2.45, 2.75) is 87.9 Å². The molecule has 1 aromatic rings. The summed E-state index contributed by atoms with van der Waals surface area (Å²) in [5, 5.41) is 24.0. The summed E-state index contributed by atoms with van der Waals surface area (Å²) in [5.74, 6) is -0.680. The van der Waals surface area contributed by atoms with E-state index < -0.39 is 35.2 Å². The summed E-state index contributed by atoms with van der Waals surface area (Å²) >= 11 is 0. The van der Waals surface area contributed by atoms with E-state index in [0.29, 0.717) is 37.4 Å². The van der Waals surface area contributed by atoms with Gasteiger partial charge < -0.3 is 29.7 Å². The lowest BCUT2D eigenvalue weighted by molar-refractivity contribution is -0.188. The monoisotopic (exact) mass is 570 g/mol. The third kappa shape index (κ3) is 4.67. The number of ether oxygens (including phenoxy) is 3. The summed E-state index contributed by atoms with van der Waals surface area (Å²) in [5.41, 5.74) is -0.148. The molecule has 1 unspecified atom stereocenters. The highest BCUT2D eigenvalue weighted by Crippen LogP contribution is 2.65. The van der Waals surface area contributed by atoms with Crippen LogP contribution in [0.25, 0.3) is 0 Å². The van der Waals surface area contributed by atoms with Crippen LogP contribution in [0.2, 0.25) is 0 Å². The molecule has 2 saturated carbocycles. The van der Waals surface area contributed by atoms with Gasteiger partial charge in [0, 0.05) is 31.0 Å². The van der Waals surface area contributed by atoms with E-state index in [9.17, 15) is 24.3 Å². The molecule has 1 aromatic carbocycles. The van der Waals surface area contributed by atoms with Crippen LogP contribution < -0.4 is 14.8 Å². The van der Waals surface area contributed by atoms with Crippen molar-refractivity contribution in [2.75, 3.05) is 26.2 Å². The lowest BCUT2D eigenvalue weighted by Crippen LogP contribution is -2.76. The fraction of sp³-hybridized carbons (Fsp3) is 0.667. The van der Waals surface area contributed by atoms with Gasteiger partial charge >= 0.3 is 12.1 Å². The average molecular weight is 571 g/mol. The lowest BCUT2D eigenvalue weighted by Gasteiger charge is -2.62. The van der Waals surface area contributed by atoms with E-state index in [-0.39, 0.29) is 55.9 Å². The zero-order valence-corrected chi connectivity index (χ0v) is 23.4. The van der Waals surface area contributed by atoms with Crippen molar-refractivity contribution in [3.63, 3.8) is 0 Å². The number of piperidine rings is 1. The van der Waals surface area contributed by atoms with Gasteiger partial charge in [-0.2, -0.15) is 0 Å². The molecule has 1 spiro atoms. The van der Waals surface area contributed by atoms with E-state index in [4.69, 9.17) is 19.3 Å². The number of ketones is 1. The zero-order chi connectivity index (χ0) is 28.9. The Bertz CT molecular complexity index is 1260. The number of carbonyl (C=O) groups is 4. The minimum absolute atomic E-state index is 0.0361. The molecule has 41 heavy (non-hydrogen) atoms. The number of hydrogen-bond donors (Lipinski definition) is 3. The number of amides is 1. The summed E-state index contributed by atoms with van der Waals surface area (Å²) in [7, 11) is 0. The first-order valence-electron chi connectivity index (χ1n) is 14.8.